The van der Waals surface area contributed by atoms with E-state index in [0.29, 0.717) is 17.7 Å². The van der Waals surface area contributed by atoms with Crippen LogP contribution >= 0.6 is 0 Å². The number of hydrogen-bond acceptors (Lipinski definition) is 1. The lowest BCUT2D eigenvalue weighted by Gasteiger charge is -2.34. The number of carbonyl (C=O) groups excluding carboxylic acids is 1. The average molecular weight is 207 g/mol. The summed E-state index contributed by atoms with van der Waals surface area (Å²) in [5.74, 6) is 1.35. The van der Waals surface area contributed by atoms with Crippen molar-refractivity contribution in [1.82, 2.24) is 4.90 Å². The number of hydrogen-bond donors (Lipinski definition) is 0. The first-order valence-corrected chi connectivity index (χ1v) is 6.16. The van der Waals surface area contributed by atoms with Gasteiger partial charge in [-0.1, -0.05) is 31.9 Å². The summed E-state index contributed by atoms with van der Waals surface area (Å²) in [6.45, 7) is 6.24. The Bertz CT molecular complexity index is 276. The normalized spacial score (nSPS) is 22.6. The lowest BCUT2D eigenvalue weighted by molar-refractivity contribution is -0.138. The van der Waals surface area contributed by atoms with E-state index in [9.17, 15) is 4.79 Å². The van der Waals surface area contributed by atoms with Gasteiger partial charge in [0.25, 0.3) is 0 Å². The van der Waals surface area contributed by atoms with Gasteiger partial charge in [-0.3, -0.25) is 4.79 Å². The highest BCUT2D eigenvalue weighted by Gasteiger charge is 2.30. The van der Waals surface area contributed by atoms with E-state index in [1.165, 1.54) is 12.0 Å². The fourth-order valence-corrected chi connectivity index (χ4v) is 2.29. The Labute approximate surface area is 92.3 Å². The average Bonchev–Trinajstić information content (AvgIpc) is 2.15. The van der Waals surface area contributed by atoms with Crippen LogP contribution in [0.1, 0.15) is 39.5 Å². The Kier molecular flexibility index (Phi) is 3.13. The second-order valence-electron chi connectivity index (χ2n) is 5.11. The molecule has 1 heterocycles. The SMILES string of the molecule is CC(C)C1=CCCN(C(=O)C2CCC2)C1. The zero-order valence-electron chi connectivity index (χ0n) is 9.83. The smallest absolute Gasteiger partial charge is 0.225 e. The molecule has 2 nitrogen and oxygen atoms in total. The van der Waals surface area contributed by atoms with Gasteiger partial charge in [-0.25, -0.2) is 0 Å². The molecule has 2 rings (SSSR count). The third-order valence-electron chi connectivity index (χ3n) is 3.69. The fourth-order valence-electron chi connectivity index (χ4n) is 2.29. The zero-order valence-corrected chi connectivity index (χ0v) is 9.83. The van der Waals surface area contributed by atoms with Crippen molar-refractivity contribution in [3.05, 3.63) is 11.6 Å². The van der Waals surface area contributed by atoms with Gasteiger partial charge in [0.2, 0.25) is 5.91 Å². The van der Waals surface area contributed by atoms with Gasteiger partial charge in [0.1, 0.15) is 0 Å². The van der Waals surface area contributed by atoms with Crippen LogP contribution in [-0.4, -0.2) is 23.9 Å². The molecule has 15 heavy (non-hydrogen) atoms. The van der Waals surface area contributed by atoms with Gasteiger partial charge >= 0.3 is 0 Å². The molecule has 0 aromatic carbocycles. The van der Waals surface area contributed by atoms with E-state index in [4.69, 9.17) is 0 Å². The molecule has 84 valence electrons. The molecule has 0 saturated heterocycles. The number of rotatable bonds is 2. The first kappa shape index (κ1) is 10.7. The summed E-state index contributed by atoms with van der Waals surface area (Å²) in [5.41, 5.74) is 1.44. The van der Waals surface area contributed by atoms with Crippen LogP contribution in [0.3, 0.4) is 0 Å². The van der Waals surface area contributed by atoms with E-state index in [2.05, 4.69) is 24.8 Å². The molecule has 1 saturated carbocycles. The van der Waals surface area contributed by atoms with Crippen molar-refractivity contribution in [1.29, 1.82) is 0 Å². The van der Waals surface area contributed by atoms with Gasteiger partial charge in [-0.2, -0.15) is 0 Å². The molecule has 1 amide bonds. The molecule has 2 heteroatoms. The highest BCUT2D eigenvalue weighted by atomic mass is 16.2. The summed E-state index contributed by atoms with van der Waals surface area (Å²) < 4.78 is 0. The Balaban J connectivity index is 1.94. The molecule has 1 aliphatic heterocycles. The predicted molar refractivity (Wildman–Crippen MR) is 61.5 cm³/mol. The Hall–Kier alpha value is -0.790. The van der Waals surface area contributed by atoms with E-state index < -0.39 is 0 Å². The van der Waals surface area contributed by atoms with Crippen LogP contribution in [0.5, 0.6) is 0 Å². The Morgan fingerprint density at radius 2 is 2.20 bits per heavy atom. The summed E-state index contributed by atoms with van der Waals surface area (Å²) in [6, 6.07) is 0. The molecule has 0 spiro atoms. The van der Waals surface area contributed by atoms with E-state index in [1.54, 1.807) is 0 Å². The topological polar surface area (TPSA) is 20.3 Å². The first-order chi connectivity index (χ1) is 7.18. The maximum Gasteiger partial charge on any atom is 0.225 e. The van der Waals surface area contributed by atoms with Crippen LogP contribution in [0.2, 0.25) is 0 Å². The van der Waals surface area contributed by atoms with E-state index >= 15 is 0 Å². The summed E-state index contributed by atoms with van der Waals surface area (Å²) in [5, 5.41) is 0. The second kappa shape index (κ2) is 4.38. The Morgan fingerprint density at radius 3 is 2.73 bits per heavy atom. The molecule has 0 N–H and O–H groups in total. The molecule has 0 radical (unpaired) electrons. The molecular formula is C13H21NO. The number of nitrogens with zero attached hydrogens (tertiary/aromatic N) is 1. The number of amides is 1. The van der Waals surface area contributed by atoms with Crippen LogP contribution in [0, 0.1) is 11.8 Å². The maximum atomic E-state index is 12.0. The lowest BCUT2D eigenvalue weighted by atomic mass is 9.84. The predicted octanol–water partition coefficient (Wildman–Crippen LogP) is 2.60. The molecule has 0 bridgehead atoms. The fraction of sp³-hybridized carbons (Fsp3) is 0.769. The van der Waals surface area contributed by atoms with Gasteiger partial charge in [0.15, 0.2) is 0 Å². The molecule has 1 fully saturated rings. The molecule has 1 aliphatic carbocycles. The zero-order chi connectivity index (χ0) is 10.8. The van der Waals surface area contributed by atoms with Crippen molar-refractivity contribution in [2.45, 2.75) is 39.5 Å². The molecule has 0 atom stereocenters. The van der Waals surface area contributed by atoms with Crippen LogP contribution in [0.25, 0.3) is 0 Å². The summed E-state index contributed by atoms with van der Waals surface area (Å²) >= 11 is 0. The van der Waals surface area contributed by atoms with Crippen molar-refractivity contribution in [2.75, 3.05) is 13.1 Å². The highest BCUT2D eigenvalue weighted by molar-refractivity contribution is 5.80. The maximum absolute atomic E-state index is 12.0. The van der Waals surface area contributed by atoms with Crippen molar-refractivity contribution in [2.24, 2.45) is 11.8 Å². The molecular weight excluding hydrogens is 186 g/mol. The quantitative estimate of drug-likeness (QED) is 0.637. The van der Waals surface area contributed by atoms with Crippen LogP contribution < -0.4 is 0 Å². The van der Waals surface area contributed by atoms with Gasteiger partial charge in [-0.15, -0.1) is 0 Å². The van der Waals surface area contributed by atoms with Crippen LogP contribution in [0.15, 0.2) is 11.6 Å². The first-order valence-electron chi connectivity index (χ1n) is 6.16. The lowest BCUT2D eigenvalue weighted by Crippen LogP contribution is -2.42. The number of carbonyl (C=O) groups is 1. The van der Waals surface area contributed by atoms with E-state index in [1.807, 2.05) is 0 Å². The van der Waals surface area contributed by atoms with E-state index in [0.717, 1.165) is 32.4 Å². The van der Waals surface area contributed by atoms with E-state index in [-0.39, 0.29) is 0 Å². The second-order valence-corrected chi connectivity index (χ2v) is 5.11. The minimum Gasteiger partial charge on any atom is -0.338 e. The van der Waals surface area contributed by atoms with Crippen molar-refractivity contribution < 1.29 is 4.79 Å². The largest absolute Gasteiger partial charge is 0.338 e. The Morgan fingerprint density at radius 1 is 1.47 bits per heavy atom. The molecule has 2 aliphatic rings. The standard InChI is InChI=1S/C13H21NO/c1-10(2)12-7-4-8-14(9-12)13(15)11-5-3-6-11/h7,10-11H,3-6,8-9H2,1-2H3. The van der Waals surface area contributed by atoms with Gasteiger partial charge in [-0.05, 0) is 25.2 Å². The molecule has 0 unspecified atom stereocenters. The van der Waals surface area contributed by atoms with Crippen LogP contribution in [0.4, 0.5) is 0 Å². The third kappa shape index (κ3) is 2.24. The van der Waals surface area contributed by atoms with Crippen molar-refractivity contribution in [3.63, 3.8) is 0 Å². The summed E-state index contributed by atoms with van der Waals surface area (Å²) in [6.07, 6.45) is 6.85. The minimum absolute atomic E-state index is 0.358. The highest BCUT2D eigenvalue weighted by Crippen LogP contribution is 2.29. The third-order valence-corrected chi connectivity index (χ3v) is 3.69. The summed E-state index contributed by atoms with van der Waals surface area (Å²) in [7, 11) is 0. The van der Waals surface area contributed by atoms with Crippen molar-refractivity contribution in [3.8, 4) is 0 Å². The van der Waals surface area contributed by atoms with Crippen LogP contribution in [-0.2, 0) is 4.79 Å². The summed E-state index contributed by atoms with van der Waals surface area (Å²) in [4.78, 5) is 14.1. The minimum atomic E-state index is 0.358. The molecule has 0 aromatic heterocycles. The van der Waals surface area contributed by atoms with Gasteiger partial charge in [0.05, 0.1) is 0 Å². The molecule has 0 aromatic rings. The monoisotopic (exact) mass is 207 g/mol. The van der Waals surface area contributed by atoms with Gasteiger partial charge < -0.3 is 4.90 Å². The van der Waals surface area contributed by atoms with Crippen molar-refractivity contribution >= 4 is 5.91 Å². The van der Waals surface area contributed by atoms with Gasteiger partial charge in [0, 0.05) is 19.0 Å².